The first kappa shape index (κ1) is 10.0. The van der Waals surface area contributed by atoms with E-state index in [1.54, 1.807) is 6.07 Å². The topological polar surface area (TPSA) is 49.3 Å². The number of hydrogen-bond donors (Lipinski definition) is 2. The second kappa shape index (κ2) is 3.57. The molecule has 1 aromatic rings. The second-order valence-electron chi connectivity index (χ2n) is 4.18. The van der Waals surface area contributed by atoms with Crippen LogP contribution in [-0.4, -0.2) is 11.0 Å². The van der Waals surface area contributed by atoms with E-state index in [-0.39, 0.29) is 17.6 Å². The molecule has 0 aromatic heterocycles. The number of amides is 1. The minimum absolute atomic E-state index is 0.00495. The van der Waals surface area contributed by atoms with Gasteiger partial charge in [0, 0.05) is 5.92 Å². The number of aryl methyl sites for hydroxylation is 1. The zero-order valence-corrected chi connectivity index (χ0v) is 9.00. The van der Waals surface area contributed by atoms with Crippen LogP contribution < -0.4 is 5.32 Å². The molecular weight excluding hydrogens is 190 g/mol. The summed E-state index contributed by atoms with van der Waals surface area (Å²) in [5.74, 6) is 0.170. The van der Waals surface area contributed by atoms with E-state index >= 15 is 0 Å². The highest BCUT2D eigenvalue weighted by Gasteiger charge is 2.22. The third kappa shape index (κ3) is 1.69. The fourth-order valence-corrected chi connectivity index (χ4v) is 1.94. The molecule has 2 N–H and O–H groups in total. The van der Waals surface area contributed by atoms with Crippen molar-refractivity contribution < 1.29 is 9.90 Å². The van der Waals surface area contributed by atoms with Crippen molar-refractivity contribution in [3.05, 3.63) is 23.3 Å². The van der Waals surface area contributed by atoms with Gasteiger partial charge in [-0.3, -0.25) is 4.79 Å². The number of benzene rings is 1. The van der Waals surface area contributed by atoms with E-state index in [2.05, 4.69) is 5.32 Å². The fourth-order valence-electron chi connectivity index (χ4n) is 1.94. The molecule has 2 rings (SSSR count). The molecule has 15 heavy (non-hydrogen) atoms. The average molecular weight is 205 g/mol. The minimum atomic E-state index is -0.00495. The molecule has 0 unspecified atom stereocenters. The van der Waals surface area contributed by atoms with Crippen LogP contribution >= 0.6 is 0 Å². The molecule has 1 aliphatic rings. The van der Waals surface area contributed by atoms with Gasteiger partial charge in [-0.15, -0.1) is 0 Å². The molecule has 3 heteroatoms. The maximum atomic E-state index is 11.6. The normalized spacial score (nSPS) is 20.4. The van der Waals surface area contributed by atoms with Crippen LogP contribution in [0.25, 0.3) is 0 Å². The molecule has 0 fully saturated rings. The van der Waals surface area contributed by atoms with Crippen molar-refractivity contribution in [2.24, 2.45) is 5.92 Å². The predicted molar refractivity (Wildman–Crippen MR) is 59.0 cm³/mol. The summed E-state index contributed by atoms with van der Waals surface area (Å²) in [5, 5.41) is 12.5. The van der Waals surface area contributed by atoms with Crippen molar-refractivity contribution >= 4 is 11.6 Å². The highest BCUT2D eigenvalue weighted by atomic mass is 16.3. The molecule has 80 valence electrons. The molecule has 3 nitrogen and oxygen atoms in total. The number of fused-ring (bicyclic) bond motifs is 1. The summed E-state index contributed by atoms with van der Waals surface area (Å²) in [4.78, 5) is 11.6. The van der Waals surface area contributed by atoms with Crippen LogP contribution in [0.15, 0.2) is 12.1 Å². The summed E-state index contributed by atoms with van der Waals surface area (Å²) in [5.41, 5.74) is 2.79. The van der Waals surface area contributed by atoms with E-state index < -0.39 is 0 Å². The number of carbonyl (C=O) groups excluding carboxylic acids is 1. The van der Waals surface area contributed by atoms with Crippen molar-refractivity contribution in [3.63, 3.8) is 0 Å². The standard InChI is InChI=1S/C12H15NO2/c1-7-4-6-10(14)11-9(7)5-3-8(2)12(15)13-11/h4,6,8,14H,3,5H2,1-2H3,(H,13,15)/t8-/m0/s1. The summed E-state index contributed by atoms with van der Waals surface area (Å²) >= 11 is 0. The Morgan fingerprint density at radius 1 is 1.47 bits per heavy atom. The molecule has 1 amide bonds. The molecule has 0 saturated heterocycles. The lowest BCUT2D eigenvalue weighted by Gasteiger charge is -2.11. The molecule has 0 radical (unpaired) electrons. The molecule has 1 atom stereocenters. The first-order valence-electron chi connectivity index (χ1n) is 5.22. The highest BCUT2D eigenvalue weighted by molar-refractivity contribution is 5.95. The van der Waals surface area contributed by atoms with Crippen LogP contribution in [0.3, 0.4) is 0 Å². The molecule has 1 aliphatic heterocycles. The molecule has 0 saturated carbocycles. The summed E-state index contributed by atoms with van der Waals surface area (Å²) in [6.45, 7) is 3.91. The summed E-state index contributed by atoms with van der Waals surface area (Å²) in [6.07, 6.45) is 1.68. The lowest BCUT2D eigenvalue weighted by Crippen LogP contribution is -2.18. The van der Waals surface area contributed by atoms with Gasteiger partial charge >= 0.3 is 0 Å². The lowest BCUT2D eigenvalue weighted by molar-refractivity contribution is -0.119. The Balaban J connectivity index is 2.51. The van der Waals surface area contributed by atoms with Crippen LogP contribution in [0.1, 0.15) is 24.5 Å². The number of carbonyl (C=O) groups is 1. The average Bonchev–Trinajstić information content (AvgIpc) is 2.35. The Morgan fingerprint density at radius 2 is 2.20 bits per heavy atom. The SMILES string of the molecule is Cc1ccc(O)c2c1CC[C@H](C)C(=O)N2. The monoisotopic (exact) mass is 205 g/mol. The van der Waals surface area contributed by atoms with Crippen LogP contribution in [0.2, 0.25) is 0 Å². The van der Waals surface area contributed by atoms with Gasteiger partial charge in [0.2, 0.25) is 5.91 Å². The maximum Gasteiger partial charge on any atom is 0.227 e. The number of aromatic hydroxyl groups is 1. The Kier molecular flexibility index (Phi) is 2.39. The third-order valence-corrected chi connectivity index (χ3v) is 3.05. The Hall–Kier alpha value is -1.51. The molecule has 0 spiro atoms. The van der Waals surface area contributed by atoms with Gasteiger partial charge in [0.25, 0.3) is 0 Å². The van der Waals surface area contributed by atoms with Crippen molar-refractivity contribution in [3.8, 4) is 5.75 Å². The number of phenolic OH excluding ortho intramolecular Hbond substituents is 1. The van der Waals surface area contributed by atoms with Crippen molar-refractivity contribution in [1.29, 1.82) is 0 Å². The Bertz CT molecular complexity index is 412. The van der Waals surface area contributed by atoms with Gasteiger partial charge in [0.15, 0.2) is 0 Å². The van der Waals surface area contributed by atoms with Crippen LogP contribution in [-0.2, 0) is 11.2 Å². The third-order valence-electron chi connectivity index (χ3n) is 3.05. The molecule has 0 aliphatic carbocycles. The molecular formula is C12H15NO2. The zero-order chi connectivity index (χ0) is 11.0. The summed E-state index contributed by atoms with van der Waals surface area (Å²) in [7, 11) is 0. The van der Waals surface area contributed by atoms with Gasteiger partial charge in [0.05, 0.1) is 5.69 Å². The van der Waals surface area contributed by atoms with Gasteiger partial charge < -0.3 is 10.4 Å². The van der Waals surface area contributed by atoms with Gasteiger partial charge in [0.1, 0.15) is 5.75 Å². The fraction of sp³-hybridized carbons (Fsp3) is 0.417. The quantitative estimate of drug-likeness (QED) is 0.638. The largest absolute Gasteiger partial charge is 0.506 e. The van der Waals surface area contributed by atoms with Gasteiger partial charge in [-0.2, -0.15) is 0 Å². The Morgan fingerprint density at radius 3 is 2.93 bits per heavy atom. The zero-order valence-electron chi connectivity index (χ0n) is 9.00. The molecule has 0 bridgehead atoms. The Labute approximate surface area is 89.1 Å². The van der Waals surface area contributed by atoms with E-state index in [4.69, 9.17) is 0 Å². The summed E-state index contributed by atoms with van der Waals surface area (Å²) in [6, 6.07) is 3.51. The first-order chi connectivity index (χ1) is 7.09. The van der Waals surface area contributed by atoms with Crippen molar-refractivity contribution in [2.75, 3.05) is 5.32 Å². The van der Waals surface area contributed by atoms with Crippen molar-refractivity contribution in [1.82, 2.24) is 0 Å². The van der Waals surface area contributed by atoms with Crippen LogP contribution in [0.5, 0.6) is 5.75 Å². The molecule has 1 heterocycles. The smallest absolute Gasteiger partial charge is 0.227 e. The minimum Gasteiger partial charge on any atom is -0.506 e. The first-order valence-corrected chi connectivity index (χ1v) is 5.22. The van der Waals surface area contributed by atoms with Crippen LogP contribution in [0, 0.1) is 12.8 Å². The molecule has 1 aromatic carbocycles. The van der Waals surface area contributed by atoms with Crippen LogP contribution in [0.4, 0.5) is 5.69 Å². The van der Waals surface area contributed by atoms with E-state index in [0.717, 1.165) is 24.0 Å². The van der Waals surface area contributed by atoms with Gasteiger partial charge in [-0.25, -0.2) is 0 Å². The second-order valence-corrected chi connectivity index (χ2v) is 4.18. The number of hydrogen-bond acceptors (Lipinski definition) is 2. The predicted octanol–water partition coefficient (Wildman–Crippen LogP) is 2.22. The number of rotatable bonds is 0. The van der Waals surface area contributed by atoms with Gasteiger partial charge in [-0.1, -0.05) is 13.0 Å². The summed E-state index contributed by atoms with van der Waals surface area (Å²) < 4.78 is 0. The highest BCUT2D eigenvalue weighted by Crippen LogP contribution is 2.34. The van der Waals surface area contributed by atoms with E-state index in [1.807, 2.05) is 19.9 Å². The maximum absolute atomic E-state index is 11.6. The lowest BCUT2D eigenvalue weighted by atomic mass is 9.99. The van der Waals surface area contributed by atoms with Gasteiger partial charge in [-0.05, 0) is 37.0 Å². The van der Waals surface area contributed by atoms with E-state index in [1.165, 1.54) is 0 Å². The number of phenols is 1. The van der Waals surface area contributed by atoms with Crippen molar-refractivity contribution in [2.45, 2.75) is 26.7 Å². The number of anilines is 1. The van der Waals surface area contributed by atoms with E-state index in [9.17, 15) is 9.90 Å². The van der Waals surface area contributed by atoms with E-state index in [0.29, 0.717) is 5.69 Å². The number of nitrogens with one attached hydrogen (secondary N) is 1.